The molecule has 1 heterocycles. The summed E-state index contributed by atoms with van der Waals surface area (Å²) in [5.74, 6) is -0.246. The SMILES string of the molecule is CC(C)(C)OC(=O)Nc1ccc(F)c(C2CCCCN2)c1. The van der Waals surface area contributed by atoms with Crippen molar-refractivity contribution in [3.05, 3.63) is 29.6 Å². The number of amides is 1. The largest absolute Gasteiger partial charge is 0.444 e. The van der Waals surface area contributed by atoms with E-state index >= 15 is 0 Å². The second kappa shape index (κ2) is 6.43. The Hall–Kier alpha value is -1.62. The summed E-state index contributed by atoms with van der Waals surface area (Å²) in [4.78, 5) is 11.8. The van der Waals surface area contributed by atoms with Crippen LogP contribution in [0.25, 0.3) is 0 Å². The van der Waals surface area contributed by atoms with Crippen molar-refractivity contribution in [2.45, 2.75) is 51.7 Å². The van der Waals surface area contributed by atoms with Crippen LogP contribution in [0.5, 0.6) is 0 Å². The Morgan fingerprint density at radius 2 is 2.14 bits per heavy atom. The summed E-state index contributed by atoms with van der Waals surface area (Å²) < 4.78 is 19.2. The molecule has 1 saturated heterocycles. The Morgan fingerprint density at radius 3 is 2.76 bits per heavy atom. The first-order valence-corrected chi connectivity index (χ1v) is 7.38. The quantitative estimate of drug-likeness (QED) is 0.867. The Balaban J connectivity index is 2.09. The minimum atomic E-state index is -0.558. The third-order valence-electron chi connectivity index (χ3n) is 3.33. The molecular weight excluding hydrogens is 271 g/mol. The van der Waals surface area contributed by atoms with Crippen LogP contribution in [0.2, 0.25) is 0 Å². The van der Waals surface area contributed by atoms with E-state index in [0.29, 0.717) is 11.3 Å². The minimum absolute atomic E-state index is 0.0131. The van der Waals surface area contributed by atoms with Crippen molar-refractivity contribution in [3.63, 3.8) is 0 Å². The lowest BCUT2D eigenvalue weighted by Crippen LogP contribution is -2.28. The van der Waals surface area contributed by atoms with Crippen molar-refractivity contribution in [1.29, 1.82) is 0 Å². The van der Waals surface area contributed by atoms with E-state index in [1.165, 1.54) is 6.07 Å². The van der Waals surface area contributed by atoms with E-state index in [1.54, 1.807) is 32.9 Å². The maximum Gasteiger partial charge on any atom is 0.412 e. The highest BCUT2D eigenvalue weighted by molar-refractivity contribution is 5.85. The topological polar surface area (TPSA) is 50.4 Å². The molecule has 1 aliphatic heterocycles. The highest BCUT2D eigenvalue weighted by Crippen LogP contribution is 2.27. The summed E-state index contributed by atoms with van der Waals surface area (Å²) in [6.45, 7) is 6.30. The standard InChI is InChI=1S/C16H23FN2O2/c1-16(2,3)21-15(20)19-11-7-8-13(17)12(10-11)14-6-4-5-9-18-14/h7-8,10,14,18H,4-6,9H2,1-3H3,(H,19,20). The Morgan fingerprint density at radius 1 is 1.38 bits per heavy atom. The molecule has 0 bridgehead atoms. The number of hydrogen-bond acceptors (Lipinski definition) is 3. The molecule has 2 rings (SSSR count). The van der Waals surface area contributed by atoms with Gasteiger partial charge in [0.05, 0.1) is 0 Å². The van der Waals surface area contributed by atoms with Crippen LogP contribution in [-0.4, -0.2) is 18.2 Å². The highest BCUT2D eigenvalue weighted by atomic mass is 19.1. The number of rotatable bonds is 2. The molecule has 116 valence electrons. The summed E-state index contributed by atoms with van der Waals surface area (Å²) in [5, 5.41) is 5.96. The minimum Gasteiger partial charge on any atom is -0.444 e. The van der Waals surface area contributed by atoms with Gasteiger partial charge in [-0.05, 0) is 58.4 Å². The molecule has 1 aromatic rings. The van der Waals surface area contributed by atoms with Crippen molar-refractivity contribution in [3.8, 4) is 0 Å². The molecule has 21 heavy (non-hydrogen) atoms. The summed E-state index contributed by atoms with van der Waals surface area (Å²) in [6.07, 6.45) is 2.58. The van der Waals surface area contributed by atoms with Crippen LogP contribution >= 0.6 is 0 Å². The zero-order valence-electron chi connectivity index (χ0n) is 12.8. The van der Waals surface area contributed by atoms with Crippen molar-refractivity contribution in [2.75, 3.05) is 11.9 Å². The molecule has 1 aliphatic rings. The van der Waals surface area contributed by atoms with Gasteiger partial charge in [-0.25, -0.2) is 9.18 Å². The molecular formula is C16H23FN2O2. The molecule has 1 aromatic carbocycles. The fourth-order valence-electron chi connectivity index (χ4n) is 2.43. The van der Waals surface area contributed by atoms with Crippen molar-refractivity contribution in [1.82, 2.24) is 5.32 Å². The first-order valence-electron chi connectivity index (χ1n) is 7.38. The number of ether oxygens (including phenoxy) is 1. The molecule has 1 amide bonds. The third kappa shape index (κ3) is 4.70. The predicted molar refractivity (Wildman–Crippen MR) is 80.9 cm³/mol. The molecule has 0 aromatic heterocycles. The number of nitrogens with one attached hydrogen (secondary N) is 2. The summed E-state index contributed by atoms with van der Waals surface area (Å²) in [6, 6.07) is 4.63. The van der Waals surface area contributed by atoms with E-state index in [-0.39, 0.29) is 11.9 Å². The first-order chi connectivity index (χ1) is 9.85. The van der Waals surface area contributed by atoms with Gasteiger partial charge in [-0.1, -0.05) is 6.42 Å². The van der Waals surface area contributed by atoms with Gasteiger partial charge in [0.1, 0.15) is 11.4 Å². The Bertz CT molecular complexity index is 505. The van der Waals surface area contributed by atoms with E-state index < -0.39 is 11.7 Å². The summed E-state index contributed by atoms with van der Waals surface area (Å²) in [7, 11) is 0. The smallest absolute Gasteiger partial charge is 0.412 e. The van der Waals surface area contributed by atoms with Gasteiger partial charge in [0.2, 0.25) is 0 Å². The second-order valence-electron chi connectivity index (χ2n) is 6.37. The van der Waals surface area contributed by atoms with Crippen LogP contribution in [0.3, 0.4) is 0 Å². The molecule has 0 spiro atoms. The maximum atomic E-state index is 14.0. The number of piperidine rings is 1. The van der Waals surface area contributed by atoms with Crippen LogP contribution in [-0.2, 0) is 4.74 Å². The van der Waals surface area contributed by atoms with Crippen molar-refractivity contribution < 1.29 is 13.9 Å². The molecule has 0 radical (unpaired) electrons. The van der Waals surface area contributed by atoms with E-state index in [2.05, 4.69) is 10.6 Å². The summed E-state index contributed by atoms with van der Waals surface area (Å²) in [5.41, 5.74) is 0.592. The van der Waals surface area contributed by atoms with Gasteiger partial charge in [0, 0.05) is 17.3 Å². The van der Waals surface area contributed by atoms with Crippen LogP contribution in [0, 0.1) is 5.82 Å². The normalized spacial score (nSPS) is 19.1. The van der Waals surface area contributed by atoms with E-state index in [9.17, 15) is 9.18 Å². The predicted octanol–water partition coefficient (Wildman–Crippen LogP) is 3.99. The molecule has 1 unspecified atom stereocenters. The zero-order valence-corrected chi connectivity index (χ0v) is 12.8. The lowest BCUT2D eigenvalue weighted by atomic mass is 9.97. The lowest BCUT2D eigenvalue weighted by Gasteiger charge is -2.25. The molecule has 5 heteroatoms. The average Bonchev–Trinajstić information content (AvgIpc) is 2.40. The zero-order chi connectivity index (χ0) is 15.5. The monoisotopic (exact) mass is 294 g/mol. The number of carbonyl (C=O) groups excluding carboxylic acids is 1. The van der Waals surface area contributed by atoms with Crippen molar-refractivity contribution >= 4 is 11.8 Å². The van der Waals surface area contributed by atoms with E-state index in [4.69, 9.17) is 4.74 Å². The summed E-state index contributed by atoms with van der Waals surface area (Å²) >= 11 is 0. The molecule has 0 saturated carbocycles. The number of hydrogen-bond donors (Lipinski definition) is 2. The van der Waals surface area contributed by atoms with Gasteiger partial charge in [-0.2, -0.15) is 0 Å². The van der Waals surface area contributed by atoms with Gasteiger partial charge < -0.3 is 10.1 Å². The molecule has 1 atom stereocenters. The fraction of sp³-hybridized carbons (Fsp3) is 0.562. The van der Waals surface area contributed by atoms with E-state index in [0.717, 1.165) is 25.8 Å². The molecule has 4 nitrogen and oxygen atoms in total. The van der Waals surface area contributed by atoms with E-state index in [1.807, 2.05) is 0 Å². The maximum absolute atomic E-state index is 14.0. The average molecular weight is 294 g/mol. The Labute approximate surface area is 125 Å². The number of benzene rings is 1. The lowest BCUT2D eigenvalue weighted by molar-refractivity contribution is 0.0636. The number of anilines is 1. The molecule has 0 aliphatic carbocycles. The fourth-order valence-corrected chi connectivity index (χ4v) is 2.43. The van der Waals surface area contributed by atoms with Crippen LogP contribution in [0.1, 0.15) is 51.6 Å². The van der Waals surface area contributed by atoms with Gasteiger partial charge in [0.25, 0.3) is 0 Å². The Kier molecular flexibility index (Phi) is 4.83. The highest BCUT2D eigenvalue weighted by Gasteiger charge is 2.20. The van der Waals surface area contributed by atoms with Crippen LogP contribution in [0.4, 0.5) is 14.9 Å². The van der Waals surface area contributed by atoms with Gasteiger partial charge in [-0.3, -0.25) is 5.32 Å². The number of carbonyl (C=O) groups is 1. The molecule has 2 N–H and O–H groups in total. The second-order valence-corrected chi connectivity index (χ2v) is 6.37. The van der Waals surface area contributed by atoms with Crippen LogP contribution in [0.15, 0.2) is 18.2 Å². The van der Waals surface area contributed by atoms with Crippen molar-refractivity contribution in [2.24, 2.45) is 0 Å². The van der Waals surface area contributed by atoms with Gasteiger partial charge in [0.15, 0.2) is 0 Å². The molecule has 1 fully saturated rings. The van der Waals surface area contributed by atoms with Gasteiger partial charge in [-0.15, -0.1) is 0 Å². The third-order valence-corrected chi connectivity index (χ3v) is 3.33. The first kappa shape index (κ1) is 15.8. The van der Waals surface area contributed by atoms with Crippen LogP contribution < -0.4 is 10.6 Å². The number of halogens is 1. The van der Waals surface area contributed by atoms with Gasteiger partial charge >= 0.3 is 6.09 Å².